The first-order valence-corrected chi connectivity index (χ1v) is 5.51. The van der Waals surface area contributed by atoms with Crippen LogP contribution in [0.25, 0.3) is 0 Å². The molecule has 1 aliphatic rings. The molecular weight excluding hydrogens is 178 g/mol. The maximum Gasteiger partial charge on any atom is 0.317 e. The van der Waals surface area contributed by atoms with Gasteiger partial charge in [0, 0.05) is 19.1 Å². The van der Waals surface area contributed by atoms with Gasteiger partial charge in [-0.3, -0.25) is 0 Å². The Morgan fingerprint density at radius 3 is 2.93 bits per heavy atom. The van der Waals surface area contributed by atoms with Gasteiger partial charge < -0.3 is 15.5 Å². The fraction of sp³-hybridized carbons (Fsp3) is 0.900. The molecule has 1 heterocycles. The zero-order chi connectivity index (χ0) is 10.4. The third kappa shape index (κ3) is 3.18. The highest BCUT2D eigenvalue weighted by molar-refractivity contribution is 5.76. The van der Waals surface area contributed by atoms with Crippen LogP contribution in [-0.4, -0.2) is 43.2 Å². The Kier molecular flexibility index (Phi) is 4.73. The smallest absolute Gasteiger partial charge is 0.317 e. The van der Waals surface area contributed by atoms with Crippen molar-refractivity contribution >= 4 is 6.03 Å². The van der Waals surface area contributed by atoms with E-state index >= 15 is 0 Å². The van der Waals surface area contributed by atoms with E-state index in [-0.39, 0.29) is 6.03 Å². The number of rotatable bonds is 6. The van der Waals surface area contributed by atoms with Gasteiger partial charge >= 0.3 is 6.03 Å². The quantitative estimate of drug-likeness (QED) is 0.621. The van der Waals surface area contributed by atoms with Crippen LogP contribution in [-0.2, 0) is 0 Å². The summed E-state index contributed by atoms with van der Waals surface area (Å²) in [5.41, 5.74) is 0. The summed E-state index contributed by atoms with van der Waals surface area (Å²) in [5, 5.41) is 6.12. The van der Waals surface area contributed by atoms with Crippen LogP contribution < -0.4 is 10.6 Å². The van der Waals surface area contributed by atoms with E-state index in [1.54, 1.807) is 0 Å². The molecule has 82 valence electrons. The summed E-state index contributed by atoms with van der Waals surface area (Å²) < 4.78 is 0. The van der Waals surface area contributed by atoms with Crippen LogP contribution in [0.2, 0.25) is 0 Å². The number of carbonyl (C=O) groups excluding carboxylic acids is 1. The lowest BCUT2D eigenvalue weighted by Crippen LogP contribution is -2.33. The zero-order valence-corrected chi connectivity index (χ0v) is 9.18. The van der Waals surface area contributed by atoms with Crippen molar-refractivity contribution in [1.82, 2.24) is 15.5 Å². The van der Waals surface area contributed by atoms with Crippen molar-refractivity contribution in [3.63, 3.8) is 0 Å². The predicted octanol–water partition coefficient (Wildman–Crippen LogP) is 0.790. The summed E-state index contributed by atoms with van der Waals surface area (Å²) in [6.45, 7) is 7.96. The van der Waals surface area contributed by atoms with Crippen molar-refractivity contribution in [2.75, 3.05) is 26.2 Å². The monoisotopic (exact) mass is 199 g/mol. The van der Waals surface area contributed by atoms with Gasteiger partial charge in [-0.15, -0.1) is 0 Å². The molecular formula is C10H21N3O. The molecule has 0 spiro atoms. The number of hydrogen-bond acceptors (Lipinski definition) is 2. The third-order valence-electron chi connectivity index (χ3n) is 2.59. The van der Waals surface area contributed by atoms with Crippen LogP contribution >= 0.6 is 0 Å². The molecule has 1 fully saturated rings. The maximum atomic E-state index is 11.3. The molecule has 1 aliphatic heterocycles. The number of nitrogens with zero attached hydrogens (tertiary/aromatic N) is 1. The first kappa shape index (κ1) is 11.3. The number of hydrogen-bond donors (Lipinski definition) is 2. The normalized spacial score (nSPS) is 21.4. The second kappa shape index (κ2) is 5.86. The SMILES string of the molecule is CCNCCCCN1C(=O)NCC1C. The van der Waals surface area contributed by atoms with E-state index in [2.05, 4.69) is 24.5 Å². The van der Waals surface area contributed by atoms with Crippen LogP contribution in [0.5, 0.6) is 0 Å². The summed E-state index contributed by atoms with van der Waals surface area (Å²) in [5.74, 6) is 0. The predicted molar refractivity (Wildman–Crippen MR) is 57.3 cm³/mol. The summed E-state index contributed by atoms with van der Waals surface area (Å²) in [6, 6.07) is 0.461. The zero-order valence-electron chi connectivity index (χ0n) is 9.18. The topological polar surface area (TPSA) is 44.4 Å². The molecule has 0 aromatic heterocycles. The Labute approximate surface area is 86.0 Å². The Morgan fingerprint density at radius 2 is 2.36 bits per heavy atom. The van der Waals surface area contributed by atoms with E-state index in [4.69, 9.17) is 0 Å². The number of amides is 2. The molecule has 0 aliphatic carbocycles. The van der Waals surface area contributed by atoms with Crippen molar-refractivity contribution < 1.29 is 4.79 Å². The summed E-state index contributed by atoms with van der Waals surface area (Å²) in [7, 11) is 0. The number of unbranched alkanes of at least 4 members (excludes halogenated alkanes) is 1. The van der Waals surface area contributed by atoms with Gasteiger partial charge in [-0.1, -0.05) is 6.92 Å². The minimum absolute atomic E-state index is 0.0981. The van der Waals surface area contributed by atoms with Gasteiger partial charge in [0.25, 0.3) is 0 Å². The van der Waals surface area contributed by atoms with Gasteiger partial charge in [0.2, 0.25) is 0 Å². The molecule has 0 aromatic carbocycles. The lowest BCUT2D eigenvalue weighted by atomic mass is 10.2. The van der Waals surface area contributed by atoms with Gasteiger partial charge in [-0.25, -0.2) is 4.79 Å². The molecule has 4 heteroatoms. The standard InChI is InChI=1S/C10H21N3O/c1-3-11-6-4-5-7-13-9(2)8-12-10(13)14/h9,11H,3-8H2,1-2H3,(H,12,14). The van der Waals surface area contributed by atoms with Crippen LogP contribution in [0, 0.1) is 0 Å². The average molecular weight is 199 g/mol. The van der Waals surface area contributed by atoms with Gasteiger partial charge in [0.1, 0.15) is 0 Å². The largest absolute Gasteiger partial charge is 0.336 e. The van der Waals surface area contributed by atoms with Gasteiger partial charge in [0.15, 0.2) is 0 Å². The Hall–Kier alpha value is -0.770. The lowest BCUT2D eigenvalue weighted by Gasteiger charge is -2.19. The van der Waals surface area contributed by atoms with Crippen LogP contribution in [0.3, 0.4) is 0 Å². The van der Waals surface area contributed by atoms with Crippen molar-refractivity contribution in [3.05, 3.63) is 0 Å². The van der Waals surface area contributed by atoms with E-state index in [9.17, 15) is 4.79 Å². The average Bonchev–Trinajstić information content (AvgIpc) is 2.48. The second-order valence-corrected chi connectivity index (χ2v) is 3.79. The molecule has 0 radical (unpaired) electrons. The molecule has 1 rings (SSSR count). The number of nitrogens with one attached hydrogen (secondary N) is 2. The maximum absolute atomic E-state index is 11.3. The van der Waals surface area contributed by atoms with Crippen LogP contribution in [0.4, 0.5) is 4.79 Å². The fourth-order valence-electron chi connectivity index (χ4n) is 1.68. The van der Waals surface area contributed by atoms with Crippen LogP contribution in [0.15, 0.2) is 0 Å². The highest BCUT2D eigenvalue weighted by Gasteiger charge is 2.25. The highest BCUT2D eigenvalue weighted by Crippen LogP contribution is 2.07. The molecule has 0 bridgehead atoms. The van der Waals surface area contributed by atoms with Crippen molar-refractivity contribution in [1.29, 1.82) is 0 Å². The van der Waals surface area contributed by atoms with E-state index < -0.39 is 0 Å². The number of carbonyl (C=O) groups is 1. The molecule has 1 unspecified atom stereocenters. The Morgan fingerprint density at radius 1 is 1.57 bits per heavy atom. The molecule has 2 N–H and O–H groups in total. The molecule has 1 atom stereocenters. The van der Waals surface area contributed by atoms with E-state index in [0.29, 0.717) is 6.04 Å². The lowest BCUT2D eigenvalue weighted by molar-refractivity contribution is 0.205. The van der Waals surface area contributed by atoms with Gasteiger partial charge in [0.05, 0.1) is 0 Å². The molecule has 1 saturated heterocycles. The molecule has 4 nitrogen and oxygen atoms in total. The summed E-state index contributed by atoms with van der Waals surface area (Å²) in [4.78, 5) is 13.2. The van der Waals surface area contributed by atoms with Gasteiger partial charge in [-0.05, 0) is 32.9 Å². The van der Waals surface area contributed by atoms with E-state index in [1.807, 2.05) is 4.90 Å². The first-order chi connectivity index (χ1) is 6.75. The van der Waals surface area contributed by atoms with Crippen molar-refractivity contribution in [3.8, 4) is 0 Å². The van der Waals surface area contributed by atoms with Gasteiger partial charge in [-0.2, -0.15) is 0 Å². The Bertz CT molecular complexity index is 184. The van der Waals surface area contributed by atoms with Crippen LogP contribution in [0.1, 0.15) is 26.7 Å². The fourth-order valence-corrected chi connectivity index (χ4v) is 1.68. The first-order valence-electron chi connectivity index (χ1n) is 5.51. The third-order valence-corrected chi connectivity index (χ3v) is 2.59. The van der Waals surface area contributed by atoms with E-state index in [1.165, 1.54) is 0 Å². The summed E-state index contributed by atoms with van der Waals surface area (Å²) >= 11 is 0. The molecule has 0 aromatic rings. The summed E-state index contributed by atoms with van der Waals surface area (Å²) in [6.07, 6.45) is 2.23. The van der Waals surface area contributed by atoms with E-state index in [0.717, 1.165) is 39.0 Å². The molecule has 14 heavy (non-hydrogen) atoms. The second-order valence-electron chi connectivity index (χ2n) is 3.79. The molecule has 0 saturated carbocycles. The number of urea groups is 1. The molecule has 2 amide bonds. The van der Waals surface area contributed by atoms with Crippen molar-refractivity contribution in [2.24, 2.45) is 0 Å². The minimum Gasteiger partial charge on any atom is -0.336 e. The Balaban J connectivity index is 2.08. The highest BCUT2D eigenvalue weighted by atomic mass is 16.2. The van der Waals surface area contributed by atoms with Crippen molar-refractivity contribution in [2.45, 2.75) is 32.7 Å². The minimum atomic E-state index is 0.0981.